The van der Waals surface area contributed by atoms with Crippen LogP contribution < -0.4 is 19.6 Å². The van der Waals surface area contributed by atoms with Crippen LogP contribution in [-0.2, 0) is 24.8 Å². The van der Waals surface area contributed by atoms with E-state index in [0.29, 0.717) is 0 Å². The third-order valence-corrected chi connectivity index (χ3v) is 5.01. The highest BCUT2D eigenvalue weighted by Crippen LogP contribution is 2.42. The SMILES string of the molecule is C/C=C(\C)CCCCCCOCc1ccccc1.O=P([O-])([O-])OP(=O)([O-])[O-]. The van der Waals surface area contributed by atoms with E-state index >= 15 is 0 Å². The minimum absolute atomic E-state index is 0.749. The van der Waals surface area contributed by atoms with Gasteiger partial charge in [0.25, 0.3) is 0 Å². The Balaban J connectivity index is 0.000000636. The summed E-state index contributed by atoms with van der Waals surface area (Å²) in [6.45, 7) is 5.96. The van der Waals surface area contributed by atoms with Gasteiger partial charge in [-0.1, -0.05) is 54.8 Å². The van der Waals surface area contributed by atoms with Crippen molar-refractivity contribution in [2.75, 3.05) is 6.61 Å². The molecule has 27 heavy (non-hydrogen) atoms. The van der Waals surface area contributed by atoms with E-state index in [1.807, 2.05) is 6.07 Å². The van der Waals surface area contributed by atoms with Crippen molar-refractivity contribution in [2.24, 2.45) is 0 Å². The maximum Gasteiger partial charge on any atom is 0.0716 e. The first-order valence-electron chi connectivity index (χ1n) is 8.52. The second-order valence-corrected chi connectivity index (χ2v) is 8.26. The van der Waals surface area contributed by atoms with Crippen molar-refractivity contribution in [3.63, 3.8) is 0 Å². The second kappa shape index (κ2) is 14.2. The minimum Gasteiger partial charge on any atom is -0.790 e. The quantitative estimate of drug-likeness (QED) is 0.299. The van der Waals surface area contributed by atoms with Gasteiger partial charge in [-0.05, 0) is 38.7 Å². The van der Waals surface area contributed by atoms with Gasteiger partial charge in [0.2, 0.25) is 0 Å². The summed E-state index contributed by atoms with van der Waals surface area (Å²) in [6.07, 6.45) is 8.56. The molecule has 0 spiro atoms. The zero-order valence-electron chi connectivity index (χ0n) is 15.6. The van der Waals surface area contributed by atoms with Crippen LogP contribution in [0.25, 0.3) is 0 Å². The number of unbranched alkanes of at least 4 members (excludes halogenated alkanes) is 3. The van der Waals surface area contributed by atoms with Gasteiger partial charge in [0.1, 0.15) is 0 Å². The first-order valence-corrected chi connectivity index (χ1v) is 11.4. The Morgan fingerprint density at radius 2 is 1.52 bits per heavy atom. The molecule has 1 aromatic carbocycles. The topological polar surface area (TPSA) is 145 Å². The Morgan fingerprint density at radius 3 is 2.00 bits per heavy atom. The fraction of sp³-hybridized carbons (Fsp3) is 0.529. The van der Waals surface area contributed by atoms with Gasteiger partial charge in [-0.2, -0.15) is 0 Å². The summed E-state index contributed by atoms with van der Waals surface area (Å²) in [6, 6.07) is 10.4. The van der Waals surface area contributed by atoms with Crippen LogP contribution >= 0.6 is 15.6 Å². The van der Waals surface area contributed by atoms with Crippen LogP contribution in [-0.4, -0.2) is 6.61 Å². The predicted molar refractivity (Wildman–Crippen MR) is 94.9 cm³/mol. The van der Waals surface area contributed by atoms with Crippen LogP contribution in [0.1, 0.15) is 51.5 Å². The van der Waals surface area contributed by atoms with Crippen LogP contribution in [0, 0.1) is 0 Å². The van der Waals surface area contributed by atoms with Crippen molar-refractivity contribution in [2.45, 2.75) is 52.6 Å². The minimum atomic E-state index is -5.68. The third kappa shape index (κ3) is 19.7. The second-order valence-electron chi connectivity index (χ2n) is 5.81. The van der Waals surface area contributed by atoms with E-state index < -0.39 is 15.6 Å². The number of hydrogen-bond acceptors (Lipinski definition) is 8. The Labute approximate surface area is 160 Å². The molecule has 0 saturated heterocycles. The summed E-state index contributed by atoms with van der Waals surface area (Å²) in [7, 11) is -11.4. The number of hydrogen-bond donors (Lipinski definition) is 0. The lowest BCUT2D eigenvalue weighted by molar-refractivity contribution is -0.364. The van der Waals surface area contributed by atoms with Crippen LogP contribution in [0.4, 0.5) is 0 Å². The summed E-state index contributed by atoms with van der Waals surface area (Å²) >= 11 is 0. The fourth-order valence-corrected chi connectivity index (χ4v) is 2.97. The molecular weight excluding hydrogens is 394 g/mol. The molecule has 0 unspecified atom stereocenters. The number of rotatable bonds is 11. The lowest BCUT2D eigenvalue weighted by Crippen LogP contribution is -2.23. The molecule has 0 aromatic heterocycles. The highest BCUT2D eigenvalue weighted by molar-refractivity contribution is 7.57. The van der Waals surface area contributed by atoms with Crippen molar-refractivity contribution in [3.8, 4) is 0 Å². The fourth-order valence-electron chi connectivity index (χ4n) is 1.99. The lowest BCUT2D eigenvalue weighted by Gasteiger charge is -2.39. The van der Waals surface area contributed by atoms with E-state index in [-0.39, 0.29) is 0 Å². The van der Waals surface area contributed by atoms with Gasteiger partial charge in [0.05, 0.1) is 22.3 Å². The van der Waals surface area contributed by atoms with E-state index in [1.165, 1.54) is 43.2 Å². The van der Waals surface area contributed by atoms with Crippen molar-refractivity contribution >= 4 is 15.6 Å². The first-order chi connectivity index (χ1) is 12.5. The van der Waals surface area contributed by atoms with Crippen molar-refractivity contribution < 1.29 is 37.8 Å². The maximum atomic E-state index is 9.32. The molecule has 0 fully saturated rings. The van der Waals surface area contributed by atoms with Gasteiger partial charge < -0.3 is 37.8 Å². The summed E-state index contributed by atoms with van der Waals surface area (Å²) in [5.74, 6) is 0. The van der Waals surface area contributed by atoms with E-state index in [9.17, 15) is 28.7 Å². The highest BCUT2D eigenvalue weighted by Gasteiger charge is 1.94. The van der Waals surface area contributed by atoms with Gasteiger partial charge in [-0.3, -0.25) is 0 Å². The molecule has 0 aliphatic rings. The molecule has 156 valence electrons. The molecule has 8 nitrogen and oxygen atoms in total. The third-order valence-electron chi connectivity index (χ3n) is 3.41. The van der Waals surface area contributed by atoms with E-state index in [0.717, 1.165) is 13.2 Å². The number of benzene rings is 1. The van der Waals surface area contributed by atoms with Crippen molar-refractivity contribution in [1.82, 2.24) is 0 Å². The molecule has 0 atom stereocenters. The average molecular weight is 420 g/mol. The van der Waals surface area contributed by atoms with Crippen LogP contribution in [0.15, 0.2) is 42.0 Å². The van der Waals surface area contributed by atoms with Crippen LogP contribution in [0.5, 0.6) is 0 Å². The van der Waals surface area contributed by atoms with Crippen molar-refractivity contribution in [3.05, 3.63) is 47.5 Å². The summed E-state index contributed by atoms with van der Waals surface area (Å²) in [5.41, 5.74) is 2.77. The number of allylic oxidation sites excluding steroid dienone is 2. The lowest BCUT2D eigenvalue weighted by atomic mass is 10.1. The molecule has 0 saturated carbocycles. The predicted octanol–water partition coefficient (Wildman–Crippen LogP) is 1.78. The Bertz CT molecular complexity index is 601. The highest BCUT2D eigenvalue weighted by atomic mass is 31.3. The van der Waals surface area contributed by atoms with E-state index in [1.54, 1.807) is 0 Å². The molecule has 0 N–H and O–H groups in total. The standard InChI is InChI=1S/C17H26O.H4O7P2/c1-3-16(2)11-7-4-5-10-14-18-15-17-12-8-6-9-13-17;1-8(2,3)7-9(4,5)6/h3,6,8-9,12-13H,4-5,7,10-11,14-15H2,1-2H3;(H2,1,2,3)(H2,4,5,6)/p-4/b16-3+;. The zero-order chi connectivity index (χ0) is 20.8. The summed E-state index contributed by atoms with van der Waals surface area (Å²) < 4.78 is 26.8. The van der Waals surface area contributed by atoms with Crippen LogP contribution in [0.3, 0.4) is 0 Å². The van der Waals surface area contributed by atoms with Gasteiger partial charge in [-0.25, -0.2) is 0 Å². The average Bonchev–Trinajstić information content (AvgIpc) is 2.55. The molecule has 0 heterocycles. The number of phosphoric acid groups is 2. The zero-order valence-corrected chi connectivity index (χ0v) is 17.4. The smallest absolute Gasteiger partial charge is 0.0716 e. The number of ether oxygens (including phenoxy) is 1. The Morgan fingerprint density at radius 1 is 0.963 bits per heavy atom. The molecule has 0 aliphatic carbocycles. The van der Waals surface area contributed by atoms with E-state index in [2.05, 4.69) is 48.5 Å². The van der Waals surface area contributed by atoms with Gasteiger partial charge in [-0.15, -0.1) is 0 Å². The van der Waals surface area contributed by atoms with Gasteiger partial charge >= 0.3 is 0 Å². The summed E-state index contributed by atoms with van der Waals surface area (Å²) in [5, 5.41) is 0. The Kier molecular flexibility index (Phi) is 13.8. The van der Waals surface area contributed by atoms with Gasteiger partial charge in [0.15, 0.2) is 0 Å². The Hall–Kier alpha value is -0.820. The molecule has 0 bridgehead atoms. The first kappa shape index (κ1) is 26.2. The maximum absolute atomic E-state index is 9.32. The largest absolute Gasteiger partial charge is 0.790 e. The molecule has 1 rings (SSSR count). The summed E-state index contributed by atoms with van der Waals surface area (Å²) in [4.78, 5) is 37.3. The molecule has 0 aliphatic heterocycles. The molecule has 0 amide bonds. The van der Waals surface area contributed by atoms with Crippen molar-refractivity contribution in [1.29, 1.82) is 0 Å². The monoisotopic (exact) mass is 420 g/mol. The molecule has 10 heteroatoms. The molecule has 1 aromatic rings. The van der Waals surface area contributed by atoms with Crippen LogP contribution in [0.2, 0.25) is 0 Å². The van der Waals surface area contributed by atoms with E-state index in [4.69, 9.17) is 4.74 Å². The molecule has 0 radical (unpaired) electrons. The molecular formula is C17H26O8P2-4. The normalized spacial score (nSPS) is 12.4. The van der Waals surface area contributed by atoms with Gasteiger partial charge in [0, 0.05) is 6.61 Å².